The number of fused-ring (bicyclic) bond motifs is 1. The number of nitrogens with one attached hydrogen (secondary N) is 1. The van der Waals surface area contributed by atoms with Gasteiger partial charge in [-0.25, -0.2) is 4.68 Å². The minimum Gasteiger partial charge on any atom is -0.479 e. The number of hydrogen-bond acceptors (Lipinski definition) is 5. The third-order valence-electron chi connectivity index (χ3n) is 3.93. The van der Waals surface area contributed by atoms with E-state index >= 15 is 0 Å². The van der Waals surface area contributed by atoms with Gasteiger partial charge in [-0.15, -0.1) is 0 Å². The van der Waals surface area contributed by atoms with E-state index in [2.05, 4.69) is 10.4 Å². The first-order valence-electron chi connectivity index (χ1n) is 8.55. The standard InChI is InChI=1S/C20H18N4O3/c1-2-12-24-20(26)17-6-4-3-5-16(17)18(23-24)19(25)22-14-7-9-15(10-8-14)27-13-11-21/h3-10H,2,12-13H2,1H3,(H,22,25). The lowest BCUT2D eigenvalue weighted by molar-refractivity contribution is 0.102. The molecule has 3 aromatic rings. The van der Waals surface area contributed by atoms with Gasteiger partial charge in [0.25, 0.3) is 11.5 Å². The van der Waals surface area contributed by atoms with Gasteiger partial charge in [-0.3, -0.25) is 9.59 Å². The summed E-state index contributed by atoms with van der Waals surface area (Å²) in [5.41, 5.74) is 0.551. The summed E-state index contributed by atoms with van der Waals surface area (Å²) >= 11 is 0. The Kier molecular flexibility index (Phi) is 5.47. The van der Waals surface area contributed by atoms with E-state index in [4.69, 9.17) is 10.00 Å². The molecule has 136 valence electrons. The van der Waals surface area contributed by atoms with E-state index in [1.165, 1.54) is 4.68 Å². The van der Waals surface area contributed by atoms with E-state index < -0.39 is 5.91 Å². The van der Waals surface area contributed by atoms with Crippen molar-refractivity contribution >= 4 is 22.4 Å². The van der Waals surface area contributed by atoms with Crippen molar-refractivity contribution in [2.24, 2.45) is 0 Å². The molecule has 27 heavy (non-hydrogen) atoms. The highest BCUT2D eigenvalue weighted by Crippen LogP contribution is 2.18. The topological polar surface area (TPSA) is 97.0 Å². The van der Waals surface area contributed by atoms with Crippen molar-refractivity contribution in [2.45, 2.75) is 19.9 Å². The number of carbonyl (C=O) groups excluding carboxylic acids is 1. The minimum absolute atomic E-state index is 0.0411. The lowest BCUT2D eigenvalue weighted by Crippen LogP contribution is -2.27. The summed E-state index contributed by atoms with van der Waals surface area (Å²) < 4.78 is 6.52. The molecule has 0 aliphatic carbocycles. The van der Waals surface area contributed by atoms with Gasteiger partial charge in [0.1, 0.15) is 11.8 Å². The SMILES string of the molecule is CCCn1nc(C(=O)Nc2ccc(OCC#N)cc2)c2ccccc2c1=O. The average molecular weight is 362 g/mol. The highest BCUT2D eigenvalue weighted by molar-refractivity contribution is 6.11. The Labute approximate surface area is 155 Å². The molecule has 2 aromatic carbocycles. The molecule has 0 spiro atoms. The van der Waals surface area contributed by atoms with Crippen LogP contribution in [-0.2, 0) is 6.54 Å². The van der Waals surface area contributed by atoms with Crippen molar-refractivity contribution in [3.63, 3.8) is 0 Å². The molecular formula is C20H18N4O3. The zero-order valence-electron chi connectivity index (χ0n) is 14.8. The van der Waals surface area contributed by atoms with Crippen molar-refractivity contribution in [2.75, 3.05) is 11.9 Å². The van der Waals surface area contributed by atoms with Gasteiger partial charge in [0.15, 0.2) is 12.3 Å². The lowest BCUT2D eigenvalue weighted by atomic mass is 10.1. The van der Waals surface area contributed by atoms with E-state index in [9.17, 15) is 9.59 Å². The third kappa shape index (κ3) is 3.96. The number of rotatable bonds is 6. The number of aromatic nitrogens is 2. The molecule has 0 saturated heterocycles. The van der Waals surface area contributed by atoms with Gasteiger partial charge in [-0.1, -0.05) is 25.1 Å². The van der Waals surface area contributed by atoms with Crippen molar-refractivity contribution in [3.8, 4) is 11.8 Å². The second kappa shape index (κ2) is 8.15. The summed E-state index contributed by atoms with van der Waals surface area (Å²) in [6.07, 6.45) is 0.733. The second-order valence-electron chi connectivity index (χ2n) is 5.85. The molecule has 1 heterocycles. The van der Waals surface area contributed by atoms with E-state index in [-0.39, 0.29) is 17.9 Å². The third-order valence-corrected chi connectivity index (χ3v) is 3.93. The first-order valence-corrected chi connectivity index (χ1v) is 8.55. The van der Waals surface area contributed by atoms with E-state index in [1.54, 1.807) is 48.5 Å². The van der Waals surface area contributed by atoms with Crippen LogP contribution in [-0.4, -0.2) is 22.3 Å². The van der Waals surface area contributed by atoms with Gasteiger partial charge in [-0.05, 0) is 36.8 Å². The molecule has 0 unspecified atom stereocenters. The molecule has 1 N–H and O–H groups in total. The molecular weight excluding hydrogens is 344 g/mol. The van der Waals surface area contributed by atoms with Crippen molar-refractivity contribution in [1.29, 1.82) is 5.26 Å². The van der Waals surface area contributed by atoms with E-state index in [0.29, 0.717) is 28.8 Å². The average Bonchev–Trinajstić information content (AvgIpc) is 2.69. The van der Waals surface area contributed by atoms with Crippen LogP contribution < -0.4 is 15.6 Å². The number of aryl methyl sites for hydroxylation is 1. The predicted octanol–water partition coefficient (Wildman–Crippen LogP) is 2.96. The molecule has 0 aliphatic heterocycles. The Morgan fingerprint density at radius 2 is 1.89 bits per heavy atom. The molecule has 7 nitrogen and oxygen atoms in total. The lowest BCUT2D eigenvalue weighted by Gasteiger charge is -2.11. The van der Waals surface area contributed by atoms with Crippen LogP contribution in [0.15, 0.2) is 53.3 Å². The minimum atomic E-state index is -0.401. The Hall–Kier alpha value is -3.66. The van der Waals surface area contributed by atoms with Crippen LogP contribution >= 0.6 is 0 Å². The van der Waals surface area contributed by atoms with Crippen LogP contribution in [0.2, 0.25) is 0 Å². The molecule has 1 aromatic heterocycles. The number of amides is 1. The fraction of sp³-hybridized carbons (Fsp3) is 0.200. The number of nitriles is 1. The number of hydrogen-bond donors (Lipinski definition) is 1. The van der Waals surface area contributed by atoms with E-state index in [1.807, 2.05) is 13.0 Å². The molecule has 0 saturated carbocycles. The first-order chi connectivity index (χ1) is 13.1. The zero-order chi connectivity index (χ0) is 19.2. The van der Waals surface area contributed by atoms with Gasteiger partial charge in [0, 0.05) is 17.6 Å². The van der Waals surface area contributed by atoms with Gasteiger partial charge >= 0.3 is 0 Å². The fourth-order valence-corrected chi connectivity index (χ4v) is 2.71. The summed E-state index contributed by atoms with van der Waals surface area (Å²) in [4.78, 5) is 25.3. The highest BCUT2D eigenvalue weighted by atomic mass is 16.5. The maximum Gasteiger partial charge on any atom is 0.276 e. The monoisotopic (exact) mass is 362 g/mol. The Morgan fingerprint density at radius 3 is 2.56 bits per heavy atom. The quantitative estimate of drug-likeness (QED) is 0.727. The number of nitrogens with zero attached hydrogens (tertiary/aromatic N) is 3. The van der Waals surface area contributed by atoms with Crippen LogP contribution in [0.5, 0.6) is 5.75 Å². The summed E-state index contributed by atoms with van der Waals surface area (Å²) in [7, 11) is 0. The summed E-state index contributed by atoms with van der Waals surface area (Å²) in [5, 5.41) is 16.6. The smallest absolute Gasteiger partial charge is 0.276 e. The van der Waals surface area contributed by atoms with Crippen molar-refractivity contribution in [3.05, 3.63) is 64.6 Å². The van der Waals surface area contributed by atoms with Gasteiger partial charge in [0.2, 0.25) is 0 Å². The molecule has 7 heteroatoms. The summed E-state index contributed by atoms with van der Waals surface area (Å²) in [6, 6.07) is 15.5. The Bertz CT molecular complexity index is 1070. The van der Waals surface area contributed by atoms with Crippen molar-refractivity contribution in [1.82, 2.24) is 9.78 Å². The molecule has 0 bridgehead atoms. The van der Waals surface area contributed by atoms with Crippen LogP contribution in [0.4, 0.5) is 5.69 Å². The normalized spacial score (nSPS) is 10.4. The summed E-state index contributed by atoms with van der Waals surface area (Å²) in [5.74, 6) is 0.136. The summed E-state index contributed by atoms with van der Waals surface area (Å²) in [6.45, 7) is 2.34. The fourth-order valence-electron chi connectivity index (χ4n) is 2.71. The van der Waals surface area contributed by atoms with Crippen LogP contribution in [0.3, 0.4) is 0 Å². The number of anilines is 1. The molecule has 3 rings (SSSR count). The number of ether oxygens (including phenoxy) is 1. The Morgan fingerprint density at radius 1 is 1.19 bits per heavy atom. The maximum absolute atomic E-state index is 12.8. The maximum atomic E-state index is 12.8. The predicted molar refractivity (Wildman–Crippen MR) is 102 cm³/mol. The molecule has 0 radical (unpaired) electrons. The van der Waals surface area contributed by atoms with Crippen LogP contribution in [0.1, 0.15) is 23.8 Å². The highest BCUT2D eigenvalue weighted by Gasteiger charge is 2.16. The van der Waals surface area contributed by atoms with E-state index in [0.717, 1.165) is 6.42 Å². The van der Waals surface area contributed by atoms with Crippen molar-refractivity contribution < 1.29 is 9.53 Å². The molecule has 0 fully saturated rings. The van der Waals surface area contributed by atoms with Crippen LogP contribution in [0, 0.1) is 11.3 Å². The molecule has 1 amide bonds. The number of carbonyl (C=O) groups is 1. The molecule has 0 atom stereocenters. The van der Waals surface area contributed by atoms with Gasteiger partial charge in [0.05, 0.1) is 5.39 Å². The number of benzene rings is 2. The second-order valence-corrected chi connectivity index (χ2v) is 5.85. The van der Waals surface area contributed by atoms with Gasteiger partial charge < -0.3 is 10.1 Å². The Balaban J connectivity index is 1.92. The first kappa shape index (κ1) is 18.1. The largest absolute Gasteiger partial charge is 0.479 e. The zero-order valence-corrected chi connectivity index (χ0v) is 14.8. The molecule has 0 aliphatic rings. The van der Waals surface area contributed by atoms with Crippen LogP contribution in [0.25, 0.3) is 10.8 Å². The van der Waals surface area contributed by atoms with Gasteiger partial charge in [-0.2, -0.15) is 10.4 Å².